The molecule has 1 saturated heterocycles. The average molecular weight is 177 g/mol. The molecule has 0 aliphatic carbocycles. The Balaban J connectivity index is 2.22. The van der Waals surface area contributed by atoms with Gasteiger partial charge in [0.15, 0.2) is 0 Å². The first-order valence-corrected chi connectivity index (χ1v) is 4.71. The first-order chi connectivity index (χ1) is 6.37. The van der Waals surface area contributed by atoms with E-state index in [2.05, 4.69) is 24.3 Å². The molecule has 1 fully saturated rings. The molecule has 0 amide bonds. The Morgan fingerprint density at radius 2 is 1.92 bits per heavy atom. The molecule has 0 spiro atoms. The van der Waals surface area contributed by atoms with Gasteiger partial charge in [0.2, 0.25) is 0 Å². The molecule has 2 nitrogen and oxygen atoms in total. The van der Waals surface area contributed by atoms with Crippen LogP contribution >= 0.6 is 0 Å². The largest absolute Gasteiger partial charge is 0.379 e. The predicted molar refractivity (Wildman–Crippen MR) is 52.6 cm³/mol. The summed E-state index contributed by atoms with van der Waals surface area (Å²) in [7, 11) is 0. The summed E-state index contributed by atoms with van der Waals surface area (Å²) in [6.45, 7) is 2.39. The molecule has 2 rings (SSSR count). The second kappa shape index (κ2) is 3.48. The summed E-state index contributed by atoms with van der Waals surface area (Å²) in [6.07, 6.45) is 1.02. The lowest BCUT2D eigenvalue weighted by atomic mass is 9.76. The van der Waals surface area contributed by atoms with Gasteiger partial charge in [-0.2, -0.15) is 0 Å². The highest BCUT2D eigenvalue weighted by atomic mass is 16.5. The van der Waals surface area contributed by atoms with Gasteiger partial charge in [-0.25, -0.2) is 0 Å². The van der Waals surface area contributed by atoms with Crippen molar-refractivity contribution in [3.8, 4) is 0 Å². The van der Waals surface area contributed by atoms with Crippen molar-refractivity contribution in [1.29, 1.82) is 0 Å². The van der Waals surface area contributed by atoms with Crippen molar-refractivity contribution >= 4 is 0 Å². The Morgan fingerprint density at radius 3 is 2.38 bits per heavy atom. The molecule has 13 heavy (non-hydrogen) atoms. The van der Waals surface area contributed by atoms with Crippen LogP contribution in [0, 0.1) is 0 Å². The lowest BCUT2D eigenvalue weighted by Crippen LogP contribution is -2.47. The van der Waals surface area contributed by atoms with Crippen LogP contribution in [-0.2, 0) is 10.2 Å². The maximum Gasteiger partial charge on any atom is 0.0586 e. The van der Waals surface area contributed by atoms with Crippen molar-refractivity contribution in [1.82, 2.24) is 0 Å². The van der Waals surface area contributed by atoms with Gasteiger partial charge in [-0.3, -0.25) is 0 Å². The topological polar surface area (TPSA) is 35.2 Å². The highest BCUT2D eigenvalue weighted by Crippen LogP contribution is 2.34. The molecule has 70 valence electrons. The molecule has 0 unspecified atom stereocenters. The summed E-state index contributed by atoms with van der Waals surface area (Å²) in [4.78, 5) is 0. The van der Waals surface area contributed by atoms with Crippen LogP contribution < -0.4 is 5.73 Å². The molecular formula is C11H15NO. The molecule has 1 aromatic carbocycles. The van der Waals surface area contributed by atoms with Crippen LogP contribution in [0.15, 0.2) is 30.3 Å². The van der Waals surface area contributed by atoms with Gasteiger partial charge in [-0.1, -0.05) is 30.3 Å². The summed E-state index contributed by atoms with van der Waals surface area (Å²) in [5, 5.41) is 0. The Morgan fingerprint density at radius 1 is 1.23 bits per heavy atom. The van der Waals surface area contributed by atoms with E-state index in [4.69, 9.17) is 10.5 Å². The fraction of sp³-hybridized carbons (Fsp3) is 0.455. The van der Waals surface area contributed by atoms with Crippen molar-refractivity contribution in [3.63, 3.8) is 0 Å². The van der Waals surface area contributed by atoms with E-state index in [1.165, 1.54) is 5.56 Å². The van der Waals surface area contributed by atoms with E-state index in [1.807, 2.05) is 6.07 Å². The SMILES string of the molecule is NCCC1(c2ccccc2)COC1. The van der Waals surface area contributed by atoms with Crippen molar-refractivity contribution in [2.45, 2.75) is 11.8 Å². The normalized spacial score (nSPS) is 19.5. The Hall–Kier alpha value is -0.860. The monoisotopic (exact) mass is 177 g/mol. The minimum atomic E-state index is 0.218. The zero-order valence-corrected chi connectivity index (χ0v) is 7.70. The average Bonchev–Trinajstić information content (AvgIpc) is 2.13. The van der Waals surface area contributed by atoms with E-state index in [1.54, 1.807) is 0 Å². The maximum atomic E-state index is 5.61. The van der Waals surface area contributed by atoms with Crippen LogP contribution in [0.2, 0.25) is 0 Å². The number of hydrogen-bond donors (Lipinski definition) is 1. The molecule has 0 saturated carbocycles. The third-order valence-corrected chi connectivity index (χ3v) is 2.77. The van der Waals surface area contributed by atoms with E-state index in [-0.39, 0.29) is 5.41 Å². The quantitative estimate of drug-likeness (QED) is 0.755. The van der Waals surface area contributed by atoms with Gasteiger partial charge in [-0.15, -0.1) is 0 Å². The fourth-order valence-electron chi connectivity index (χ4n) is 1.87. The van der Waals surface area contributed by atoms with Crippen molar-refractivity contribution < 1.29 is 4.74 Å². The number of ether oxygens (including phenoxy) is 1. The minimum absolute atomic E-state index is 0.218. The fourth-order valence-corrected chi connectivity index (χ4v) is 1.87. The lowest BCUT2D eigenvalue weighted by Gasteiger charge is -2.41. The highest BCUT2D eigenvalue weighted by molar-refractivity contribution is 5.27. The summed E-state index contributed by atoms with van der Waals surface area (Å²) >= 11 is 0. The molecule has 2 N–H and O–H groups in total. The maximum absolute atomic E-state index is 5.61. The lowest BCUT2D eigenvalue weighted by molar-refractivity contribution is -0.0631. The molecule has 0 atom stereocenters. The zero-order chi connectivity index (χ0) is 9.15. The first-order valence-electron chi connectivity index (χ1n) is 4.71. The number of benzene rings is 1. The standard InChI is InChI=1S/C11H15NO/c12-7-6-11(8-13-9-11)10-4-2-1-3-5-10/h1-5H,6-9,12H2. The Labute approximate surface area is 78.7 Å². The van der Waals surface area contributed by atoms with E-state index >= 15 is 0 Å². The third-order valence-electron chi connectivity index (χ3n) is 2.77. The van der Waals surface area contributed by atoms with E-state index in [0.29, 0.717) is 0 Å². The van der Waals surface area contributed by atoms with Crippen molar-refractivity contribution in [2.24, 2.45) is 5.73 Å². The van der Waals surface area contributed by atoms with Crippen LogP contribution in [-0.4, -0.2) is 19.8 Å². The van der Waals surface area contributed by atoms with Gasteiger partial charge in [-0.05, 0) is 18.5 Å². The number of rotatable bonds is 3. The molecule has 1 heterocycles. The molecule has 0 bridgehead atoms. The highest BCUT2D eigenvalue weighted by Gasteiger charge is 2.39. The van der Waals surface area contributed by atoms with Gasteiger partial charge in [0.05, 0.1) is 13.2 Å². The summed E-state index contributed by atoms with van der Waals surface area (Å²) in [5.41, 5.74) is 7.19. The van der Waals surface area contributed by atoms with Crippen LogP contribution in [0.1, 0.15) is 12.0 Å². The smallest absolute Gasteiger partial charge is 0.0586 e. The molecule has 0 radical (unpaired) electrons. The van der Waals surface area contributed by atoms with Crippen molar-refractivity contribution in [2.75, 3.05) is 19.8 Å². The predicted octanol–water partition coefficient (Wildman–Crippen LogP) is 1.30. The molecule has 0 aromatic heterocycles. The summed E-state index contributed by atoms with van der Waals surface area (Å²) in [6, 6.07) is 10.5. The van der Waals surface area contributed by atoms with Gasteiger partial charge in [0, 0.05) is 5.41 Å². The second-order valence-electron chi connectivity index (χ2n) is 3.68. The van der Waals surface area contributed by atoms with Crippen LogP contribution in [0.25, 0.3) is 0 Å². The van der Waals surface area contributed by atoms with E-state index in [9.17, 15) is 0 Å². The Bertz CT molecular complexity index is 267. The van der Waals surface area contributed by atoms with Crippen LogP contribution in [0.5, 0.6) is 0 Å². The Kier molecular flexibility index (Phi) is 2.34. The van der Waals surface area contributed by atoms with E-state index in [0.717, 1.165) is 26.2 Å². The summed E-state index contributed by atoms with van der Waals surface area (Å²) < 4.78 is 5.29. The van der Waals surface area contributed by atoms with Gasteiger partial charge < -0.3 is 10.5 Å². The third kappa shape index (κ3) is 1.47. The van der Waals surface area contributed by atoms with Crippen LogP contribution in [0.4, 0.5) is 0 Å². The molecule has 1 aliphatic heterocycles. The van der Waals surface area contributed by atoms with Gasteiger partial charge >= 0.3 is 0 Å². The molecule has 2 heteroatoms. The second-order valence-corrected chi connectivity index (χ2v) is 3.68. The number of nitrogens with two attached hydrogens (primary N) is 1. The van der Waals surface area contributed by atoms with Gasteiger partial charge in [0.1, 0.15) is 0 Å². The van der Waals surface area contributed by atoms with Crippen LogP contribution in [0.3, 0.4) is 0 Å². The first kappa shape index (κ1) is 8.73. The summed E-state index contributed by atoms with van der Waals surface area (Å²) in [5.74, 6) is 0. The number of hydrogen-bond acceptors (Lipinski definition) is 2. The zero-order valence-electron chi connectivity index (χ0n) is 7.70. The van der Waals surface area contributed by atoms with Crippen molar-refractivity contribution in [3.05, 3.63) is 35.9 Å². The molecule has 1 aliphatic rings. The molecule has 1 aromatic rings. The van der Waals surface area contributed by atoms with E-state index < -0.39 is 0 Å². The minimum Gasteiger partial charge on any atom is -0.379 e. The molecular weight excluding hydrogens is 162 g/mol. The van der Waals surface area contributed by atoms with Gasteiger partial charge in [0.25, 0.3) is 0 Å².